The van der Waals surface area contributed by atoms with E-state index in [9.17, 15) is 9.90 Å². The summed E-state index contributed by atoms with van der Waals surface area (Å²) < 4.78 is 5.09. The summed E-state index contributed by atoms with van der Waals surface area (Å²) in [6, 6.07) is 0. The fourth-order valence-corrected chi connectivity index (χ4v) is 5.46. The van der Waals surface area contributed by atoms with Crippen LogP contribution in [-0.2, 0) is 9.53 Å². The van der Waals surface area contributed by atoms with Crippen molar-refractivity contribution >= 4 is 5.78 Å². The molecule has 0 aromatic rings. The number of aliphatic hydroxyl groups excluding tert-OH is 1. The molecule has 3 heteroatoms. The van der Waals surface area contributed by atoms with Crippen LogP contribution in [0.15, 0.2) is 36.1 Å². The zero-order valence-corrected chi connectivity index (χ0v) is 14.5. The molecular weight excluding hydrogens is 288 g/mol. The second-order valence-corrected chi connectivity index (χ2v) is 8.40. The van der Waals surface area contributed by atoms with Gasteiger partial charge in [-0.15, -0.1) is 0 Å². The average Bonchev–Trinajstić information content (AvgIpc) is 2.82. The normalized spacial score (nSPS) is 40.0. The van der Waals surface area contributed by atoms with Crippen molar-refractivity contribution in [3.8, 4) is 0 Å². The van der Waals surface area contributed by atoms with E-state index in [2.05, 4.69) is 33.4 Å². The Balaban J connectivity index is 1.93. The highest BCUT2D eigenvalue weighted by atomic mass is 16.5. The molecule has 23 heavy (non-hydrogen) atoms. The molecule has 0 aromatic carbocycles. The van der Waals surface area contributed by atoms with E-state index in [1.807, 2.05) is 6.08 Å². The Morgan fingerprint density at radius 1 is 1.35 bits per heavy atom. The molecule has 2 fully saturated rings. The van der Waals surface area contributed by atoms with Crippen LogP contribution in [0.25, 0.3) is 0 Å². The van der Waals surface area contributed by atoms with Crippen molar-refractivity contribution in [1.82, 2.24) is 0 Å². The smallest absolute Gasteiger partial charge is 0.203 e. The maximum atomic E-state index is 11.7. The zero-order chi connectivity index (χ0) is 16.8. The lowest BCUT2D eigenvalue weighted by Crippen LogP contribution is -2.55. The maximum Gasteiger partial charge on any atom is 0.203 e. The first-order chi connectivity index (χ1) is 10.8. The number of allylic oxidation sites excluding steroid dienone is 2. The Morgan fingerprint density at radius 2 is 2.09 bits per heavy atom. The van der Waals surface area contributed by atoms with Gasteiger partial charge in [0.1, 0.15) is 0 Å². The number of carbonyl (C=O) groups excluding carboxylic acids is 1. The third kappa shape index (κ3) is 2.69. The van der Waals surface area contributed by atoms with Gasteiger partial charge >= 0.3 is 0 Å². The van der Waals surface area contributed by atoms with E-state index in [0.717, 1.165) is 18.4 Å². The number of hydrogen-bond acceptors (Lipinski definition) is 3. The molecule has 2 aliphatic carbocycles. The van der Waals surface area contributed by atoms with E-state index in [4.69, 9.17) is 4.74 Å². The quantitative estimate of drug-likeness (QED) is 0.788. The number of aliphatic hydroxyl groups is 1. The Hall–Kier alpha value is -1.35. The van der Waals surface area contributed by atoms with Crippen LogP contribution in [0.2, 0.25) is 0 Å². The Kier molecular flexibility index (Phi) is 4.04. The number of Topliss-reactive ketones (excluding diaryl/α,β-unsaturated/α-hetero) is 1. The van der Waals surface area contributed by atoms with E-state index in [0.29, 0.717) is 12.0 Å². The highest BCUT2D eigenvalue weighted by Gasteiger charge is 2.55. The molecule has 3 rings (SSSR count). The van der Waals surface area contributed by atoms with Crippen LogP contribution < -0.4 is 0 Å². The minimum atomic E-state index is -0.317. The molecule has 1 heterocycles. The summed E-state index contributed by atoms with van der Waals surface area (Å²) >= 11 is 0. The molecular formula is C20H28O3. The molecule has 1 N–H and O–H groups in total. The predicted octanol–water partition coefficient (Wildman–Crippen LogP) is 3.80. The van der Waals surface area contributed by atoms with Gasteiger partial charge in [0, 0.05) is 5.92 Å². The summed E-state index contributed by atoms with van der Waals surface area (Å²) in [6.45, 7) is 11.3. The van der Waals surface area contributed by atoms with Crippen LogP contribution in [0.3, 0.4) is 0 Å². The van der Waals surface area contributed by atoms with Gasteiger partial charge in [-0.3, -0.25) is 4.79 Å². The van der Waals surface area contributed by atoms with Gasteiger partial charge in [-0.25, -0.2) is 0 Å². The van der Waals surface area contributed by atoms with E-state index in [-0.39, 0.29) is 41.2 Å². The first-order valence-electron chi connectivity index (χ1n) is 8.64. The average molecular weight is 316 g/mol. The van der Waals surface area contributed by atoms with E-state index in [1.165, 1.54) is 6.42 Å². The minimum Gasteiger partial charge on any atom is -0.492 e. The molecule has 0 radical (unpaired) electrons. The number of rotatable bonds is 2. The summed E-state index contributed by atoms with van der Waals surface area (Å²) in [6.07, 6.45) is 9.33. The van der Waals surface area contributed by atoms with Crippen molar-refractivity contribution in [3.63, 3.8) is 0 Å². The highest BCUT2D eigenvalue weighted by Crippen LogP contribution is 2.61. The number of fused-ring (bicyclic) bond motifs is 1. The molecule has 0 spiro atoms. The molecule has 0 bridgehead atoms. The van der Waals surface area contributed by atoms with Gasteiger partial charge in [-0.2, -0.15) is 0 Å². The predicted molar refractivity (Wildman–Crippen MR) is 90.7 cm³/mol. The lowest BCUT2D eigenvalue weighted by molar-refractivity contribution is -0.116. The van der Waals surface area contributed by atoms with Crippen molar-refractivity contribution in [2.45, 2.75) is 52.6 Å². The second kappa shape index (κ2) is 5.62. The molecule has 0 aromatic heterocycles. The molecule has 2 saturated carbocycles. The molecule has 126 valence electrons. The zero-order valence-electron chi connectivity index (χ0n) is 14.5. The van der Waals surface area contributed by atoms with Gasteiger partial charge in [0.05, 0.1) is 17.9 Å². The number of ether oxygens (including phenoxy) is 1. The number of ketones is 1. The standard InChI is InChI=1S/C20H28O3/c1-13-10-16(21)18-19(2,3)8-5-9-20(18,4)15(13)7-6-14-11-23-12-17(14)22/h6-7,11,15-16,18,21H,1,5,8-10,12H2,2-4H3/b7-6+/t15-,16+,18+,20+/m0/s1. The lowest BCUT2D eigenvalue weighted by atomic mass is 9.47. The third-order valence-corrected chi connectivity index (χ3v) is 6.31. The fraction of sp³-hybridized carbons (Fsp3) is 0.650. The summed E-state index contributed by atoms with van der Waals surface area (Å²) in [5.41, 5.74) is 1.84. The SMILES string of the molecule is C=C1C[C@@H](O)[C@@H]2C(C)(C)CCC[C@]2(C)[C@H]1/C=C/C1=COCC1=O. The van der Waals surface area contributed by atoms with E-state index < -0.39 is 0 Å². The largest absolute Gasteiger partial charge is 0.492 e. The first-order valence-corrected chi connectivity index (χ1v) is 8.64. The van der Waals surface area contributed by atoms with Gasteiger partial charge < -0.3 is 9.84 Å². The van der Waals surface area contributed by atoms with E-state index >= 15 is 0 Å². The van der Waals surface area contributed by atoms with Crippen molar-refractivity contribution in [2.75, 3.05) is 6.61 Å². The molecule has 4 atom stereocenters. The van der Waals surface area contributed by atoms with Crippen LogP contribution in [0, 0.1) is 22.7 Å². The Morgan fingerprint density at radius 3 is 2.74 bits per heavy atom. The lowest BCUT2D eigenvalue weighted by Gasteiger charge is -2.59. The van der Waals surface area contributed by atoms with E-state index in [1.54, 1.807) is 6.26 Å². The summed E-state index contributed by atoms with van der Waals surface area (Å²) in [4.78, 5) is 11.7. The number of carbonyl (C=O) groups is 1. The topological polar surface area (TPSA) is 46.5 Å². The van der Waals surface area contributed by atoms with Gasteiger partial charge in [0.15, 0.2) is 6.61 Å². The van der Waals surface area contributed by atoms with Crippen LogP contribution in [0.1, 0.15) is 46.5 Å². The fourth-order valence-electron chi connectivity index (χ4n) is 5.46. The molecule has 0 saturated heterocycles. The van der Waals surface area contributed by atoms with Crippen molar-refractivity contribution in [1.29, 1.82) is 0 Å². The number of hydrogen-bond donors (Lipinski definition) is 1. The van der Waals surface area contributed by atoms with Crippen LogP contribution >= 0.6 is 0 Å². The highest BCUT2D eigenvalue weighted by molar-refractivity contribution is 6.00. The molecule has 3 nitrogen and oxygen atoms in total. The van der Waals surface area contributed by atoms with Crippen LogP contribution in [0.5, 0.6) is 0 Å². The van der Waals surface area contributed by atoms with Crippen molar-refractivity contribution < 1.29 is 14.6 Å². The third-order valence-electron chi connectivity index (χ3n) is 6.31. The minimum absolute atomic E-state index is 0.00390. The van der Waals surface area contributed by atoms with Gasteiger partial charge in [-0.1, -0.05) is 51.5 Å². The molecule has 1 aliphatic heterocycles. The van der Waals surface area contributed by atoms with Crippen molar-refractivity contribution in [3.05, 3.63) is 36.1 Å². The monoisotopic (exact) mass is 316 g/mol. The summed E-state index contributed by atoms with van der Waals surface area (Å²) in [5, 5.41) is 10.7. The van der Waals surface area contributed by atoms with Gasteiger partial charge in [-0.05, 0) is 36.0 Å². The Bertz CT molecular complexity index is 584. The molecule has 0 unspecified atom stereocenters. The van der Waals surface area contributed by atoms with Crippen LogP contribution in [-0.4, -0.2) is 23.6 Å². The Labute approximate surface area is 139 Å². The first kappa shape index (κ1) is 16.5. The second-order valence-electron chi connectivity index (χ2n) is 8.40. The summed E-state index contributed by atoms with van der Waals surface area (Å²) in [5.74, 6) is 0.492. The van der Waals surface area contributed by atoms with Crippen molar-refractivity contribution in [2.24, 2.45) is 22.7 Å². The van der Waals surface area contributed by atoms with Crippen LogP contribution in [0.4, 0.5) is 0 Å². The summed E-state index contributed by atoms with van der Waals surface area (Å²) in [7, 11) is 0. The molecule has 0 amide bonds. The maximum absolute atomic E-state index is 11.7. The van der Waals surface area contributed by atoms with Gasteiger partial charge in [0.25, 0.3) is 0 Å². The van der Waals surface area contributed by atoms with Gasteiger partial charge in [0.2, 0.25) is 5.78 Å². The molecule has 3 aliphatic rings.